The number of carbonyl (C=O) groups is 1. The van der Waals surface area contributed by atoms with Crippen LogP contribution in [-0.4, -0.2) is 29.0 Å². The summed E-state index contributed by atoms with van der Waals surface area (Å²) in [6.45, 7) is 0.142. The maximum Gasteiger partial charge on any atom is 0.273 e. The summed E-state index contributed by atoms with van der Waals surface area (Å²) in [5.41, 5.74) is 1.05. The van der Waals surface area contributed by atoms with Crippen molar-refractivity contribution in [2.45, 2.75) is 29.8 Å². The van der Waals surface area contributed by atoms with E-state index in [1.165, 1.54) is 0 Å². The molecular formula is C16H18N2O3S. The second-order valence-electron chi connectivity index (χ2n) is 5.39. The highest BCUT2D eigenvalue weighted by Gasteiger charge is 2.28. The molecule has 2 N–H and O–H groups in total. The summed E-state index contributed by atoms with van der Waals surface area (Å²) in [6.07, 6.45) is 3.45. The molecule has 0 unspecified atom stereocenters. The van der Waals surface area contributed by atoms with Gasteiger partial charge in [0.25, 0.3) is 5.91 Å². The number of thioether (sulfide) groups is 1. The van der Waals surface area contributed by atoms with Crippen LogP contribution < -0.4 is 5.32 Å². The van der Waals surface area contributed by atoms with Crippen LogP contribution in [0.2, 0.25) is 0 Å². The van der Waals surface area contributed by atoms with Crippen LogP contribution in [0.15, 0.2) is 39.8 Å². The molecule has 1 aromatic heterocycles. The Kier molecular flexibility index (Phi) is 4.49. The first-order valence-electron chi connectivity index (χ1n) is 7.24. The fourth-order valence-electron chi connectivity index (χ4n) is 2.18. The Hall–Kier alpha value is -1.79. The second-order valence-corrected chi connectivity index (χ2v) is 6.27. The maximum absolute atomic E-state index is 12.0. The van der Waals surface area contributed by atoms with Gasteiger partial charge < -0.3 is 14.9 Å². The van der Waals surface area contributed by atoms with Gasteiger partial charge in [0.05, 0.1) is 6.10 Å². The van der Waals surface area contributed by atoms with Crippen LogP contribution in [0.25, 0.3) is 0 Å². The molecule has 0 radical (unpaired) electrons. The molecule has 1 heterocycles. The number of amides is 1. The van der Waals surface area contributed by atoms with Gasteiger partial charge in [0.2, 0.25) is 0 Å². The zero-order valence-corrected chi connectivity index (χ0v) is 13.1. The largest absolute Gasteiger partial charge is 0.387 e. The summed E-state index contributed by atoms with van der Waals surface area (Å²) >= 11 is 1.64. The van der Waals surface area contributed by atoms with E-state index < -0.39 is 6.10 Å². The monoisotopic (exact) mass is 318 g/mol. The highest BCUT2D eigenvalue weighted by molar-refractivity contribution is 7.98. The van der Waals surface area contributed by atoms with Crippen LogP contribution >= 0.6 is 11.8 Å². The number of nitrogens with one attached hydrogen (secondary N) is 1. The standard InChI is InChI=1S/C16H18N2O3S/c1-22-12-6-4-10(5-7-12)14(19)9-17-16(20)13-8-15(21-18-13)11-2-3-11/h4-8,11,14,19H,2-3,9H2,1H3,(H,17,20)/t14-/m0/s1. The third-order valence-electron chi connectivity index (χ3n) is 3.70. The molecule has 116 valence electrons. The Morgan fingerprint density at radius 3 is 2.82 bits per heavy atom. The molecular weight excluding hydrogens is 300 g/mol. The molecule has 2 aromatic rings. The van der Waals surface area contributed by atoms with E-state index in [1.807, 2.05) is 30.5 Å². The lowest BCUT2D eigenvalue weighted by molar-refractivity contribution is 0.0907. The molecule has 6 heteroatoms. The number of aromatic nitrogens is 1. The SMILES string of the molecule is CSc1ccc([C@@H](O)CNC(=O)c2cc(C3CC3)on2)cc1. The normalized spacial score (nSPS) is 15.5. The second kappa shape index (κ2) is 6.54. The van der Waals surface area contributed by atoms with Crippen LogP contribution in [0, 0.1) is 0 Å². The van der Waals surface area contributed by atoms with Gasteiger partial charge >= 0.3 is 0 Å². The average Bonchev–Trinajstić information content (AvgIpc) is 3.29. The Morgan fingerprint density at radius 2 is 2.18 bits per heavy atom. The van der Waals surface area contributed by atoms with Crippen molar-refractivity contribution in [3.05, 3.63) is 47.3 Å². The van der Waals surface area contributed by atoms with E-state index in [0.717, 1.165) is 29.1 Å². The van der Waals surface area contributed by atoms with E-state index >= 15 is 0 Å². The summed E-state index contributed by atoms with van der Waals surface area (Å²) < 4.78 is 5.15. The third-order valence-corrected chi connectivity index (χ3v) is 4.44. The highest BCUT2D eigenvalue weighted by Crippen LogP contribution is 2.40. The lowest BCUT2D eigenvalue weighted by Gasteiger charge is -2.12. The van der Waals surface area contributed by atoms with E-state index in [-0.39, 0.29) is 18.1 Å². The molecule has 5 nitrogen and oxygen atoms in total. The highest BCUT2D eigenvalue weighted by atomic mass is 32.2. The number of aliphatic hydroxyl groups is 1. The van der Waals surface area contributed by atoms with Crippen molar-refractivity contribution in [2.24, 2.45) is 0 Å². The van der Waals surface area contributed by atoms with Gasteiger partial charge in [-0.25, -0.2) is 0 Å². The van der Waals surface area contributed by atoms with Gasteiger partial charge in [-0.15, -0.1) is 11.8 Å². The maximum atomic E-state index is 12.0. The Labute approximate surface area is 133 Å². The quantitative estimate of drug-likeness (QED) is 0.801. The molecule has 1 saturated carbocycles. The number of aliphatic hydroxyl groups excluding tert-OH is 1. The summed E-state index contributed by atoms with van der Waals surface area (Å²) in [6, 6.07) is 9.32. The van der Waals surface area contributed by atoms with Crippen molar-refractivity contribution >= 4 is 17.7 Å². The fourth-order valence-corrected chi connectivity index (χ4v) is 2.59. The number of hydrogen-bond donors (Lipinski definition) is 2. The average molecular weight is 318 g/mol. The molecule has 1 fully saturated rings. The molecule has 0 bridgehead atoms. The predicted molar refractivity (Wildman–Crippen MR) is 84.0 cm³/mol. The van der Waals surface area contributed by atoms with E-state index in [4.69, 9.17) is 4.52 Å². The zero-order valence-electron chi connectivity index (χ0n) is 12.3. The van der Waals surface area contributed by atoms with E-state index in [2.05, 4.69) is 10.5 Å². The lowest BCUT2D eigenvalue weighted by atomic mass is 10.1. The fraction of sp³-hybridized carbons (Fsp3) is 0.375. The number of hydrogen-bond acceptors (Lipinski definition) is 5. The van der Waals surface area contributed by atoms with Crippen molar-refractivity contribution in [1.82, 2.24) is 10.5 Å². The van der Waals surface area contributed by atoms with Crippen LogP contribution in [0.5, 0.6) is 0 Å². The molecule has 1 aliphatic carbocycles. The van der Waals surface area contributed by atoms with Gasteiger partial charge in [-0.2, -0.15) is 0 Å². The lowest BCUT2D eigenvalue weighted by Crippen LogP contribution is -2.28. The van der Waals surface area contributed by atoms with Gasteiger partial charge in [0.15, 0.2) is 5.69 Å². The summed E-state index contributed by atoms with van der Waals surface area (Å²) in [5, 5.41) is 16.6. The minimum absolute atomic E-state index is 0.142. The predicted octanol–water partition coefficient (Wildman–Crippen LogP) is 2.74. The first kappa shape index (κ1) is 15.1. The van der Waals surface area contributed by atoms with Crippen molar-refractivity contribution in [1.29, 1.82) is 0 Å². The Balaban J connectivity index is 1.54. The van der Waals surface area contributed by atoms with Crippen LogP contribution in [0.3, 0.4) is 0 Å². The number of benzene rings is 1. The van der Waals surface area contributed by atoms with Gasteiger partial charge in [0, 0.05) is 23.4 Å². The van der Waals surface area contributed by atoms with Crippen LogP contribution in [0.4, 0.5) is 0 Å². The van der Waals surface area contributed by atoms with Gasteiger partial charge in [0.1, 0.15) is 5.76 Å². The van der Waals surface area contributed by atoms with Crippen molar-refractivity contribution < 1.29 is 14.4 Å². The van der Waals surface area contributed by atoms with Crippen LogP contribution in [0.1, 0.15) is 46.7 Å². The minimum atomic E-state index is -0.741. The molecule has 3 rings (SSSR count). The molecule has 1 aliphatic rings. The molecule has 22 heavy (non-hydrogen) atoms. The molecule has 0 spiro atoms. The zero-order chi connectivity index (χ0) is 15.5. The number of nitrogens with zero attached hydrogens (tertiary/aromatic N) is 1. The smallest absolute Gasteiger partial charge is 0.273 e. The first-order valence-corrected chi connectivity index (χ1v) is 8.46. The minimum Gasteiger partial charge on any atom is -0.387 e. The Morgan fingerprint density at radius 1 is 1.45 bits per heavy atom. The van der Waals surface area contributed by atoms with E-state index in [1.54, 1.807) is 17.8 Å². The molecule has 1 amide bonds. The van der Waals surface area contributed by atoms with Crippen molar-refractivity contribution in [3.8, 4) is 0 Å². The van der Waals surface area contributed by atoms with Crippen molar-refractivity contribution in [2.75, 3.05) is 12.8 Å². The molecule has 0 saturated heterocycles. The van der Waals surface area contributed by atoms with Gasteiger partial charge in [-0.1, -0.05) is 17.3 Å². The topological polar surface area (TPSA) is 75.4 Å². The first-order chi connectivity index (χ1) is 10.7. The Bertz CT molecular complexity index is 650. The number of carbonyl (C=O) groups excluding carboxylic acids is 1. The summed E-state index contributed by atoms with van der Waals surface area (Å²) in [7, 11) is 0. The molecule has 1 aromatic carbocycles. The third kappa shape index (κ3) is 3.51. The molecule has 0 aliphatic heterocycles. The van der Waals surface area contributed by atoms with Gasteiger partial charge in [-0.05, 0) is 36.8 Å². The van der Waals surface area contributed by atoms with Gasteiger partial charge in [-0.3, -0.25) is 4.79 Å². The van der Waals surface area contributed by atoms with Crippen LogP contribution in [-0.2, 0) is 0 Å². The summed E-state index contributed by atoms with van der Waals surface area (Å²) in [5.74, 6) is 0.878. The summed E-state index contributed by atoms with van der Waals surface area (Å²) in [4.78, 5) is 13.1. The van der Waals surface area contributed by atoms with E-state index in [0.29, 0.717) is 5.92 Å². The van der Waals surface area contributed by atoms with E-state index in [9.17, 15) is 9.90 Å². The molecule has 1 atom stereocenters. The number of rotatable bonds is 6. The van der Waals surface area contributed by atoms with Crippen molar-refractivity contribution in [3.63, 3.8) is 0 Å².